The van der Waals surface area contributed by atoms with Crippen LogP contribution in [-0.2, 0) is 32.5 Å². The molecule has 1 aliphatic carbocycles. The lowest BCUT2D eigenvalue weighted by molar-refractivity contribution is 0.290. The molecule has 4 aromatic rings. The van der Waals surface area contributed by atoms with E-state index in [2.05, 4.69) is 33.8 Å². The minimum Gasteiger partial charge on any atom is -0.472 e. The van der Waals surface area contributed by atoms with Crippen LogP contribution in [0, 0.1) is 6.92 Å². The molecule has 0 saturated carbocycles. The van der Waals surface area contributed by atoms with Gasteiger partial charge in [0.25, 0.3) is 0 Å². The fourth-order valence-corrected chi connectivity index (χ4v) is 4.20. The highest BCUT2D eigenvalue weighted by Gasteiger charge is 2.16. The van der Waals surface area contributed by atoms with Crippen molar-refractivity contribution >= 4 is 22.5 Å². The largest absolute Gasteiger partial charge is 0.472 e. The van der Waals surface area contributed by atoms with Crippen LogP contribution in [0.5, 0.6) is 5.88 Å². The molecule has 0 atom stereocenters. The molecule has 0 bridgehead atoms. The molecule has 0 spiro atoms. The number of nitrogens with one attached hydrogen (secondary N) is 1. The van der Waals surface area contributed by atoms with Crippen molar-refractivity contribution < 1.29 is 9.37 Å². The van der Waals surface area contributed by atoms with Crippen molar-refractivity contribution in [2.24, 2.45) is 0 Å². The molecule has 0 aliphatic heterocycles. The molecule has 31 heavy (non-hydrogen) atoms. The first kappa shape index (κ1) is 20.0. The highest BCUT2D eigenvalue weighted by atomic mass is 35.5. The van der Waals surface area contributed by atoms with Crippen LogP contribution in [-0.4, -0.2) is 15.3 Å². The summed E-state index contributed by atoms with van der Waals surface area (Å²) in [6, 6.07) is 14.4. The topological polar surface area (TPSA) is 73.1 Å². The molecule has 5 rings (SSSR count). The summed E-state index contributed by atoms with van der Waals surface area (Å²) in [5.41, 5.74) is 7.31. The van der Waals surface area contributed by atoms with Crippen LogP contribution in [0.25, 0.3) is 10.9 Å². The first-order valence-corrected chi connectivity index (χ1v) is 10.9. The predicted molar refractivity (Wildman–Crippen MR) is 119 cm³/mol. The predicted octanol–water partition coefficient (Wildman–Crippen LogP) is 4.94. The van der Waals surface area contributed by atoms with Gasteiger partial charge in [0.05, 0.1) is 5.52 Å². The minimum absolute atomic E-state index is 0.364. The standard InChI is InChI=1S/C24H23ClN4O2/c1-15-23(29-31-28-15)13-26-12-20-10-19-9-16-6-4-7-17(16)11-22(19)27-24(20)30-14-18-5-2-3-8-21(18)25/h2-3,5,8-11,26H,4,6-7,12-14H2,1H3. The van der Waals surface area contributed by atoms with Crippen molar-refractivity contribution in [3.63, 3.8) is 0 Å². The van der Waals surface area contributed by atoms with E-state index in [1.807, 2.05) is 31.2 Å². The van der Waals surface area contributed by atoms with E-state index in [9.17, 15) is 0 Å². The van der Waals surface area contributed by atoms with Gasteiger partial charge in [0, 0.05) is 34.6 Å². The van der Waals surface area contributed by atoms with Crippen LogP contribution in [0.3, 0.4) is 0 Å². The molecule has 2 aromatic carbocycles. The smallest absolute Gasteiger partial charge is 0.218 e. The zero-order valence-electron chi connectivity index (χ0n) is 17.3. The molecule has 1 N–H and O–H groups in total. The molecule has 0 unspecified atom stereocenters. The number of nitrogens with zero attached hydrogens (tertiary/aromatic N) is 3. The number of pyridine rings is 1. The van der Waals surface area contributed by atoms with Crippen LogP contribution >= 0.6 is 11.6 Å². The maximum absolute atomic E-state index is 6.31. The molecule has 158 valence electrons. The lowest BCUT2D eigenvalue weighted by Gasteiger charge is -2.14. The fraction of sp³-hybridized carbons (Fsp3) is 0.292. The summed E-state index contributed by atoms with van der Waals surface area (Å²) in [7, 11) is 0. The van der Waals surface area contributed by atoms with Gasteiger partial charge in [0.15, 0.2) is 0 Å². The second-order valence-corrected chi connectivity index (χ2v) is 8.31. The maximum Gasteiger partial charge on any atom is 0.218 e. The normalized spacial score (nSPS) is 13.0. The highest BCUT2D eigenvalue weighted by molar-refractivity contribution is 6.31. The monoisotopic (exact) mass is 434 g/mol. The highest BCUT2D eigenvalue weighted by Crippen LogP contribution is 2.30. The van der Waals surface area contributed by atoms with E-state index in [0.29, 0.717) is 30.6 Å². The van der Waals surface area contributed by atoms with E-state index < -0.39 is 0 Å². The van der Waals surface area contributed by atoms with Crippen LogP contribution in [0.4, 0.5) is 0 Å². The number of ether oxygens (including phenoxy) is 1. The summed E-state index contributed by atoms with van der Waals surface area (Å²) in [6.07, 6.45) is 3.47. The first-order chi connectivity index (χ1) is 15.2. The van der Waals surface area contributed by atoms with Gasteiger partial charge in [0.2, 0.25) is 5.88 Å². The number of hydrogen-bond donors (Lipinski definition) is 1. The molecule has 2 heterocycles. The zero-order valence-corrected chi connectivity index (χ0v) is 18.1. The number of aryl methyl sites for hydroxylation is 3. The van der Waals surface area contributed by atoms with Gasteiger partial charge in [-0.15, -0.1) is 0 Å². The van der Waals surface area contributed by atoms with E-state index in [4.69, 9.17) is 26.0 Å². The van der Waals surface area contributed by atoms with Crippen molar-refractivity contribution in [3.05, 3.63) is 81.1 Å². The van der Waals surface area contributed by atoms with Crippen molar-refractivity contribution in [2.75, 3.05) is 0 Å². The van der Waals surface area contributed by atoms with E-state index in [1.54, 1.807) is 0 Å². The zero-order chi connectivity index (χ0) is 21.2. The fourth-order valence-electron chi connectivity index (χ4n) is 4.01. The summed E-state index contributed by atoms with van der Waals surface area (Å²) in [5, 5.41) is 13.0. The maximum atomic E-state index is 6.31. The van der Waals surface area contributed by atoms with Gasteiger partial charge in [-0.25, -0.2) is 9.61 Å². The van der Waals surface area contributed by atoms with Crippen molar-refractivity contribution in [2.45, 2.75) is 45.9 Å². The molecular formula is C24H23ClN4O2. The molecule has 0 fully saturated rings. The quantitative estimate of drug-likeness (QED) is 0.444. The number of benzene rings is 2. The molecule has 6 nitrogen and oxygen atoms in total. The summed E-state index contributed by atoms with van der Waals surface area (Å²) in [4.78, 5) is 4.88. The molecule has 1 aliphatic rings. The first-order valence-electron chi connectivity index (χ1n) is 10.5. The van der Waals surface area contributed by atoms with Gasteiger partial charge in [-0.05, 0) is 61.6 Å². The number of hydrogen-bond acceptors (Lipinski definition) is 6. The lowest BCUT2D eigenvalue weighted by Crippen LogP contribution is -2.15. The van der Waals surface area contributed by atoms with Crippen molar-refractivity contribution in [3.8, 4) is 5.88 Å². The van der Waals surface area contributed by atoms with Gasteiger partial charge in [-0.3, -0.25) is 0 Å². The molecule has 0 saturated heterocycles. The second kappa shape index (κ2) is 8.65. The van der Waals surface area contributed by atoms with Gasteiger partial charge in [-0.1, -0.05) is 40.1 Å². The average Bonchev–Trinajstić information content (AvgIpc) is 3.40. The Morgan fingerprint density at radius 1 is 1.03 bits per heavy atom. The summed E-state index contributed by atoms with van der Waals surface area (Å²) in [5.74, 6) is 0.618. The summed E-state index contributed by atoms with van der Waals surface area (Å²) >= 11 is 6.31. The summed E-state index contributed by atoms with van der Waals surface area (Å²) in [6.45, 7) is 3.39. The summed E-state index contributed by atoms with van der Waals surface area (Å²) < 4.78 is 10.9. The molecule has 2 aromatic heterocycles. The molecular weight excluding hydrogens is 412 g/mol. The average molecular weight is 435 g/mol. The third-order valence-electron chi connectivity index (χ3n) is 5.74. The van der Waals surface area contributed by atoms with Crippen LogP contribution in [0.1, 0.15) is 40.1 Å². The number of aromatic nitrogens is 3. The van der Waals surface area contributed by atoms with Crippen molar-refractivity contribution in [1.29, 1.82) is 0 Å². The SMILES string of the molecule is Cc1nonc1CNCc1cc2cc3c(cc2nc1OCc1ccccc1Cl)CCC3. The molecule has 7 heteroatoms. The van der Waals surface area contributed by atoms with E-state index in [1.165, 1.54) is 17.5 Å². The van der Waals surface area contributed by atoms with E-state index in [0.717, 1.165) is 46.3 Å². The molecule has 0 radical (unpaired) electrons. The third-order valence-corrected chi connectivity index (χ3v) is 6.11. The van der Waals surface area contributed by atoms with Crippen LogP contribution in [0.2, 0.25) is 5.02 Å². The lowest BCUT2D eigenvalue weighted by atomic mass is 10.0. The van der Waals surface area contributed by atoms with Crippen LogP contribution in [0.15, 0.2) is 47.1 Å². The Balaban J connectivity index is 1.43. The number of fused-ring (bicyclic) bond motifs is 2. The number of halogens is 1. The number of rotatable bonds is 7. The van der Waals surface area contributed by atoms with Gasteiger partial charge in [0.1, 0.15) is 18.0 Å². The molecule has 0 amide bonds. The van der Waals surface area contributed by atoms with Gasteiger partial charge >= 0.3 is 0 Å². The minimum atomic E-state index is 0.364. The van der Waals surface area contributed by atoms with Crippen molar-refractivity contribution in [1.82, 2.24) is 20.6 Å². The third kappa shape index (κ3) is 4.27. The van der Waals surface area contributed by atoms with Gasteiger partial charge < -0.3 is 10.1 Å². The Morgan fingerprint density at radius 2 is 1.87 bits per heavy atom. The Bertz CT molecular complexity index is 1240. The second-order valence-electron chi connectivity index (χ2n) is 7.90. The Kier molecular flexibility index (Phi) is 5.57. The Morgan fingerprint density at radius 3 is 2.68 bits per heavy atom. The Labute approximate surface area is 185 Å². The van der Waals surface area contributed by atoms with E-state index >= 15 is 0 Å². The van der Waals surface area contributed by atoms with Gasteiger partial charge in [-0.2, -0.15) is 0 Å². The Hall–Kier alpha value is -2.96. The van der Waals surface area contributed by atoms with E-state index in [-0.39, 0.29) is 0 Å². The van der Waals surface area contributed by atoms with Crippen LogP contribution < -0.4 is 10.1 Å².